The SMILES string of the molecule is O=P(O)(O)OC(CC(Br)CBr)C(Cl)CCl. The average molecular weight is 409 g/mol. The Bertz CT molecular complexity index is 227. The van der Waals surface area contributed by atoms with Crippen molar-refractivity contribution in [2.24, 2.45) is 0 Å². The molecular formula is C6H11Br2Cl2O4P. The van der Waals surface area contributed by atoms with E-state index < -0.39 is 19.3 Å². The Labute approximate surface area is 115 Å². The van der Waals surface area contributed by atoms with E-state index in [4.69, 9.17) is 33.0 Å². The molecule has 0 saturated carbocycles. The van der Waals surface area contributed by atoms with Gasteiger partial charge in [0.15, 0.2) is 0 Å². The van der Waals surface area contributed by atoms with Crippen LogP contribution in [0.1, 0.15) is 6.42 Å². The van der Waals surface area contributed by atoms with E-state index in [0.717, 1.165) is 0 Å². The zero-order valence-corrected chi connectivity index (χ0v) is 13.1. The summed E-state index contributed by atoms with van der Waals surface area (Å²) in [7, 11) is -4.53. The molecule has 0 aromatic carbocycles. The van der Waals surface area contributed by atoms with Gasteiger partial charge in [-0.25, -0.2) is 4.57 Å². The summed E-state index contributed by atoms with van der Waals surface area (Å²) in [5, 5.41) is -0.0155. The lowest BCUT2D eigenvalue weighted by atomic mass is 10.1. The van der Waals surface area contributed by atoms with Crippen LogP contribution in [-0.2, 0) is 9.09 Å². The maximum Gasteiger partial charge on any atom is 0.469 e. The molecule has 0 aliphatic carbocycles. The third kappa shape index (κ3) is 8.38. The second-order valence-corrected chi connectivity index (χ2v) is 6.80. The summed E-state index contributed by atoms with van der Waals surface area (Å²) in [5.74, 6) is 0.0637. The van der Waals surface area contributed by atoms with Crippen molar-refractivity contribution in [3.8, 4) is 0 Å². The summed E-state index contributed by atoms with van der Waals surface area (Å²) < 4.78 is 15.2. The van der Waals surface area contributed by atoms with E-state index in [-0.39, 0.29) is 10.7 Å². The van der Waals surface area contributed by atoms with Crippen LogP contribution in [-0.4, -0.2) is 37.3 Å². The first-order valence-electron chi connectivity index (χ1n) is 3.94. The van der Waals surface area contributed by atoms with Gasteiger partial charge in [-0.3, -0.25) is 4.52 Å². The van der Waals surface area contributed by atoms with Crippen molar-refractivity contribution >= 4 is 62.9 Å². The van der Waals surface area contributed by atoms with Crippen molar-refractivity contribution < 1.29 is 18.9 Å². The van der Waals surface area contributed by atoms with Crippen molar-refractivity contribution in [1.82, 2.24) is 0 Å². The molecule has 0 spiro atoms. The summed E-state index contributed by atoms with van der Waals surface area (Å²) >= 11 is 17.8. The lowest BCUT2D eigenvalue weighted by Gasteiger charge is -2.23. The number of rotatable bonds is 7. The standard InChI is InChI=1S/C6H11Br2Cl2O4P/c7-2-4(8)1-6(5(10)3-9)14-15(11,12)13/h4-6H,1-3H2,(H2,11,12,13). The summed E-state index contributed by atoms with van der Waals surface area (Å²) in [6.07, 6.45) is -0.427. The fourth-order valence-corrected chi connectivity index (χ4v) is 2.49. The minimum Gasteiger partial charge on any atom is -0.303 e. The number of alkyl halides is 4. The summed E-state index contributed by atoms with van der Waals surface area (Å²) in [6.45, 7) is 0. The molecule has 0 heterocycles. The monoisotopic (exact) mass is 406 g/mol. The molecule has 0 aliphatic heterocycles. The van der Waals surface area contributed by atoms with Crippen LogP contribution in [0.15, 0.2) is 0 Å². The van der Waals surface area contributed by atoms with Crippen LogP contribution in [0.4, 0.5) is 0 Å². The first-order valence-corrected chi connectivity index (χ1v) is 8.48. The molecule has 0 fully saturated rings. The van der Waals surface area contributed by atoms with Crippen LogP contribution in [0, 0.1) is 0 Å². The highest BCUT2D eigenvalue weighted by molar-refractivity contribution is 9.12. The highest BCUT2D eigenvalue weighted by Gasteiger charge is 2.29. The topological polar surface area (TPSA) is 66.8 Å². The number of phosphoric acid groups is 1. The molecule has 3 atom stereocenters. The Morgan fingerprint density at radius 1 is 1.47 bits per heavy atom. The molecule has 0 amide bonds. The second kappa shape index (κ2) is 7.88. The smallest absolute Gasteiger partial charge is 0.303 e. The van der Waals surface area contributed by atoms with Gasteiger partial charge in [0, 0.05) is 16.0 Å². The Morgan fingerprint density at radius 2 is 2.00 bits per heavy atom. The average Bonchev–Trinajstić information content (AvgIpc) is 2.13. The molecule has 4 nitrogen and oxygen atoms in total. The Balaban J connectivity index is 4.38. The van der Waals surface area contributed by atoms with Gasteiger partial charge in [0.2, 0.25) is 0 Å². The van der Waals surface area contributed by atoms with Crippen molar-refractivity contribution in [3.63, 3.8) is 0 Å². The van der Waals surface area contributed by atoms with Crippen molar-refractivity contribution in [2.45, 2.75) is 22.7 Å². The van der Waals surface area contributed by atoms with E-state index in [9.17, 15) is 4.57 Å². The van der Waals surface area contributed by atoms with Crippen LogP contribution in [0.3, 0.4) is 0 Å². The predicted octanol–water partition coefficient (Wildman–Crippen LogP) is 2.86. The molecular weight excluding hydrogens is 398 g/mol. The van der Waals surface area contributed by atoms with Crippen LogP contribution >= 0.6 is 62.9 Å². The van der Waals surface area contributed by atoms with E-state index in [1.54, 1.807) is 0 Å². The lowest BCUT2D eigenvalue weighted by molar-refractivity contribution is 0.127. The van der Waals surface area contributed by atoms with Gasteiger partial charge >= 0.3 is 7.82 Å². The zero-order chi connectivity index (χ0) is 12.1. The van der Waals surface area contributed by atoms with Crippen LogP contribution < -0.4 is 0 Å². The molecule has 0 aromatic heterocycles. The molecule has 0 aliphatic rings. The van der Waals surface area contributed by atoms with E-state index in [1.807, 2.05) is 0 Å². The molecule has 92 valence electrons. The predicted molar refractivity (Wildman–Crippen MR) is 68.4 cm³/mol. The van der Waals surface area contributed by atoms with Gasteiger partial charge in [0.1, 0.15) is 0 Å². The first-order chi connectivity index (χ1) is 6.80. The van der Waals surface area contributed by atoms with Crippen molar-refractivity contribution in [3.05, 3.63) is 0 Å². The highest BCUT2D eigenvalue weighted by atomic mass is 79.9. The lowest BCUT2D eigenvalue weighted by Crippen LogP contribution is -2.28. The fraction of sp³-hybridized carbons (Fsp3) is 1.00. The third-order valence-electron chi connectivity index (χ3n) is 1.48. The summed E-state index contributed by atoms with van der Waals surface area (Å²) in [6, 6.07) is 0. The molecule has 0 rings (SSSR count). The maximum absolute atomic E-state index is 10.7. The van der Waals surface area contributed by atoms with E-state index in [0.29, 0.717) is 11.8 Å². The molecule has 9 heteroatoms. The molecule has 0 bridgehead atoms. The minimum atomic E-state index is -4.53. The van der Waals surface area contributed by atoms with Crippen molar-refractivity contribution in [1.29, 1.82) is 0 Å². The molecule has 15 heavy (non-hydrogen) atoms. The maximum atomic E-state index is 10.7. The fourth-order valence-electron chi connectivity index (χ4n) is 0.848. The van der Waals surface area contributed by atoms with Gasteiger partial charge in [0.05, 0.1) is 11.5 Å². The largest absolute Gasteiger partial charge is 0.469 e. The van der Waals surface area contributed by atoms with Crippen molar-refractivity contribution in [2.75, 3.05) is 11.2 Å². The highest BCUT2D eigenvalue weighted by Crippen LogP contribution is 2.40. The van der Waals surface area contributed by atoms with Crippen LogP contribution in [0.5, 0.6) is 0 Å². The van der Waals surface area contributed by atoms with E-state index in [2.05, 4.69) is 36.4 Å². The van der Waals surface area contributed by atoms with E-state index in [1.165, 1.54) is 0 Å². The number of hydrogen-bond donors (Lipinski definition) is 2. The Hall–Kier alpha value is 1.65. The first kappa shape index (κ1) is 16.6. The zero-order valence-electron chi connectivity index (χ0n) is 7.52. The molecule has 0 aromatic rings. The van der Waals surface area contributed by atoms with Crippen LogP contribution in [0.25, 0.3) is 0 Å². The molecule has 0 radical (unpaired) electrons. The molecule has 3 unspecified atom stereocenters. The second-order valence-electron chi connectivity index (χ2n) is 2.79. The molecule has 2 N–H and O–H groups in total. The number of halogens is 4. The van der Waals surface area contributed by atoms with Gasteiger partial charge in [-0.1, -0.05) is 31.9 Å². The van der Waals surface area contributed by atoms with Gasteiger partial charge in [0.25, 0.3) is 0 Å². The minimum absolute atomic E-state index is 0.0125. The van der Waals surface area contributed by atoms with Crippen LogP contribution in [0.2, 0.25) is 0 Å². The number of hydrogen-bond acceptors (Lipinski definition) is 2. The van der Waals surface area contributed by atoms with Gasteiger partial charge in [-0.05, 0) is 6.42 Å². The summed E-state index contributed by atoms with van der Waals surface area (Å²) in [4.78, 5) is 17.4. The van der Waals surface area contributed by atoms with Gasteiger partial charge in [-0.2, -0.15) is 0 Å². The quantitative estimate of drug-likeness (QED) is 0.502. The summed E-state index contributed by atoms with van der Waals surface area (Å²) in [5.41, 5.74) is 0. The van der Waals surface area contributed by atoms with Gasteiger partial charge < -0.3 is 9.79 Å². The Kier molecular flexibility index (Phi) is 8.74. The van der Waals surface area contributed by atoms with E-state index >= 15 is 0 Å². The Morgan fingerprint density at radius 3 is 2.33 bits per heavy atom. The normalized spacial score (nSPS) is 18.5. The number of phosphoric ester groups is 1. The third-order valence-corrected chi connectivity index (χ3v) is 5.30. The molecule has 0 saturated heterocycles. The van der Waals surface area contributed by atoms with Gasteiger partial charge in [-0.15, -0.1) is 23.2 Å².